The number of aliphatic hydroxyl groups excluding tert-OH is 1. The van der Waals surface area contributed by atoms with Crippen molar-refractivity contribution < 1.29 is 19.1 Å². The first kappa shape index (κ1) is 18.3. The van der Waals surface area contributed by atoms with Gasteiger partial charge in [-0.2, -0.15) is 0 Å². The fourth-order valence-electron chi connectivity index (χ4n) is 4.65. The van der Waals surface area contributed by atoms with Crippen LogP contribution in [0, 0.1) is 0 Å². The number of aliphatic hydroxyl groups is 1. The van der Waals surface area contributed by atoms with E-state index in [1.54, 1.807) is 54.6 Å². The molecule has 3 heterocycles. The van der Waals surface area contributed by atoms with Gasteiger partial charge in [0, 0.05) is 18.7 Å². The predicted molar refractivity (Wildman–Crippen MR) is 110 cm³/mol. The lowest BCUT2D eigenvalue weighted by Gasteiger charge is -2.33. The first-order valence-electron chi connectivity index (χ1n) is 9.58. The molecule has 0 aliphatic carbocycles. The molecular formula is C23H18N2O5. The van der Waals surface area contributed by atoms with Crippen LogP contribution in [0.1, 0.15) is 21.7 Å². The third-order valence-electron chi connectivity index (χ3n) is 5.78. The Labute approximate surface area is 171 Å². The van der Waals surface area contributed by atoms with Gasteiger partial charge in [0.05, 0.1) is 23.2 Å². The molecule has 0 saturated heterocycles. The molecule has 2 amide bonds. The van der Waals surface area contributed by atoms with E-state index in [2.05, 4.69) is 6.58 Å². The third kappa shape index (κ3) is 2.04. The van der Waals surface area contributed by atoms with Crippen LogP contribution in [0.2, 0.25) is 0 Å². The van der Waals surface area contributed by atoms with Gasteiger partial charge in [0.2, 0.25) is 5.76 Å². The first-order chi connectivity index (χ1) is 14.6. The summed E-state index contributed by atoms with van der Waals surface area (Å²) >= 11 is 0. The summed E-state index contributed by atoms with van der Waals surface area (Å²) in [5.74, 6) is -1.19. The van der Waals surface area contributed by atoms with Crippen molar-refractivity contribution in [3.05, 3.63) is 88.3 Å². The van der Waals surface area contributed by atoms with Crippen molar-refractivity contribution in [2.75, 3.05) is 24.6 Å². The Morgan fingerprint density at radius 2 is 1.80 bits per heavy atom. The minimum atomic E-state index is -1.68. The molecule has 2 aromatic carbocycles. The van der Waals surface area contributed by atoms with Crippen molar-refractivity contribution in [2.24, 2.45) is 0 Å². The van der Waals surface area contributed by atoms with Gasteiger partial charge in [-0.1, -0.05) is 36.4 Å². The monoisotopic (exact) mass is 402 g/mol. The first-order valence-corrected chi connectivity index (χ1v) is 9.58. The molecular weight excluding hydrogens is 384 g/mol. The molecule has 0 radical (unpaired) electrons. The van der Waals surface area contributed by atoms with E-state index < -0.39 is 22.8 Å². The second-order valence-electron chi connectivity index (χ2n) is 7.24. The number of carbonyl (C=O) groups is 2. The minimum Gasteiger partial charge on any atom is -0.450 e. The lowest BCUT2D eigenvalue weighted by molar-refractivity contribution is -0.126. The Hall–Kier alpha value is -3.71. The van der Waals surface area contributed by atoms with E-state index in [9.17, 15) is 19.5 Å². The van der Waals surface area contributed by atoms with Crippen molar-refractivity contribution in [1.29, 1.82) is 0 Å². The number of benzene rings is 2. The van der Waals surface area contributed by atoms with Gasteiger partial charge in [-0.3, -0.25) is 14.4 Å². The Morgan fingerprint density at radius 3 is 2.57 bits per heavy atom. The molecule has 7 nitrogen and oxygen atoms in total. The van der Waals surface area contributed by atoms with Crippen LogP contribution in [0.25, 0.3) is 11.0 Å². The van der Waals surface area contributed by atoms with E-state index in [1.807, 2.05) is 0 Å². The van der Waals surface area contributed by atoms with Crippen LogP contribution >= 0.6 is 0 Å². The summed E-state index contributed by atoms with van der Waals surface area (Å²) < 4.78 is 5.86. The fraction of sp³-hybridized carbons (Fsp3) is 0.174. The molecule has 2 aliphatic rings. The summed E-state index contributed by atoms with van der Waals surface area (Å²) in [4.78, 5) is 43.6. The Bertz CT molecular complexity index is 1290. The van der Waals surface area contributed by atoms with E-state index >= 15 is 0 Å². The van der Waals surface area contributed by atoms with Gasteiger partial charge in [0.1, 0.15) is 5.58 Å². The van der Waals surface area contributed by atoms with Crippen molar-refractivity contribution in [3.63, 3.8) is 0 Å². The maximum absolute atomic E-state index is 13.9. The summed E-state index contributed by atoms with van der Waals surface area (Å²) in [6, 6.07) is 13.7. The summed E-state index contributed by atoms with van der Waals surface area (Å²) in [6.07, 6.45) is 1.59. The molecule has 0 bridgehead atoms. The van der Waals surface area contributed by atoms with Crippen LogP contribution in [0.4, 0.5) is 5.69 Å². The Morgan fingerprint density at radius 1 is 1.07 bits per heavy atom. The van der Waals surface area contributed by atoms with Crippen molar-refractivity contribution in [1.82, 2.24) is 4.90 Å². The quantitative estimate of drug-likeness (QED) is 0.675. The zero-order valence-electron chi connectivity index (χ0n) is 16.0. The van der Waals surface area contributed by atoms with Gasteiger partial charge < -0.3 is 19.3 Å². The molecule has 0 unspecified atom stereocenters. The van der Waals surface area contributed by atoms with Gasteiger partial charge >= 0.3 is 0 Å². The number of amides is 2. The van der Waals surface area contributed by atoms with E-state index in [1.165, 1.54) is 9.80 Å². The van der Waals surface area contributed by atoms with E-state index in [0.717, 1.165) is 0 Å². The number of carbonyl (C=O) groups excluding carboxylic acids is 2. The number of hydrogen-bond donors (Lipinski definition) is 1. The van der Waals surface area contributed by atoms with Gasteiger partial charge in [-0.15, -0.1) is 6.58 Å². The molecule has 3 aromatic rings. The summed E-state index contributed by atoms with van der Waals surface area (Å²) in [5, 5.41) is 9.98. The predicted octanol–water partition coefficient (Wildman–Crippen LogP) is 2.02. The van der Waals surface area contributed by atoms with E-state index in [4.69, 9.17) is 4.42 Å². The van der Waals surface area contributed by atoms with Gasteiger partial charge in [0.25, 0.3) is 11.8 Å². The van der Waals surface area contributed by atoms with Crippen molar-refractivity contribution in [2.45, 2.75) is 5.54 Å². The third-order valence-corrected chi connectivity index (χ3v) is 5.78. The second-order valence-corrected chi connectivity index (χ2v) is 7.24. The molecule has 1 aromatic heterocycles. The smallest absolute Gasteiger partial charge is 0.291 e. The lowest BCUT2D eigenvalue weighted by Crippen LogP contribution is -2.54. The molecule has 1 atom stereocenters. The number of β-amino-alcohol motifs (C(OH)–C–C–N with tert-alkyl or cyclic N) is 1. The highest BCUT2D eigenvalue weighted by Gasteiger charge is 2.64. The van der Waals surface area contributed by atoms with Gasteiger partial charge in [0.15, 0.2) is 11.0 Å². The number of fused-ring (bicyclic) bond motifs is 5. The molecule has 7 heteroatoms. The average molecular weight is 402 g/mol. The highest BCUT2D eigenvalue weighted by atomic mass is 16.3. The number of nitrogens with zero attached hydrogens (tertiary/aromatic N) is 2. The number of para-hydroxylation sites is 2. The van der Waals surface area contributed by atoms with Crippen LogP contribution in [-0.4, -0.2) is 41.5 Å². The summed E-state index contributed by atoms with van der Waals surface area (Å²) in [7, 11) is 0. The molecule has 1 N–H and O–H groups in total. The second kappa shape index (κ2) is 6.40. The standard InChI is InChI=1S/C23H18N2O5/c1-2-11-24-16-9-5-4-8-15(16)23(22(24)29)18-19(27)14-7-3-6-10-17(14)30-20(18)21(28)25(23)12-13-26/h2-10,26H,1,11-13H2/t23-/m1/s1. The lowest BCUT2D eigenvalue weighted by atomic mass is 9.84. The normalized spacial score (nSPS) is 19.6. The highest BCUT2D eigenvalue weighted by molar-refractivity contribution is 6.17. The molecule has 30 heavy (non-hydrogen) atoms. The minimum absolute atomic E-state index is 0.00339. The summed E-state index contributed by atoms with van der Waals surface area (Å²) in [5.41, 5.74) is -0.719. The maximum Gasteiger partial charge on any atom is 0.291 e. The van der Waals surface area contributed by atoms with Crippen LogP contribution in [0.5, 0.6) is 0 Å². The van der Waals surface area contributed by atoms with Crippen molar-refractivity contribution >= 4 is 28.5 Å². The molecule has 0 fully saturated rings. The number of rotatable bonds is 4. The van der Waals surface area contributed by atoms with E-state index in [-0.39, 0.29) is 36.6 Å². The highest BCUT2D eigenvalue weighted by Crippen LogP contribution is 2.52. The molecule has 150 valence electrons. The Kier molecular flexibility index (Phi) is 3.91. The number of hydrogen-bond acceptors (Lipinski definition) is 5. The average Bonchev–Trinajstić information content (AvgIpc) is 3.15. The van der Waals surface area contributed by atoms with E-state index in [0.29, 0.717) is 16.6 Å². The van der Waals surface area contributed by atoms with Gasteiger partial charge in [-0.25, -0.2) is 0 Å². The van der Waals surface area contributed by atoms with Crippen LogP contribution in [-0.2, 0) is 10.3 Å². The van der Waals surface area contributed by atoms with Gasteiger partial charge in [-0.05, 0) is 18.2 Å². The molecule has 2 aliphatic heterocycles. The SMILES string of the molecule is C=CCN1C(=O)[C@@]2(c3ccccc31)c1c(oc3ccccc3c1=O)C(=O)N2CCO. The topological polar surface area (TPSA) is 91.1 Å². The summed E-state index contributed by atoms with van der Waals surface area (Å²) in [6.45, 7) is 3.45. The largest absolute Gasteiger partial charge is 0.450 e. The maximum atomic E-state index is 13.9. The molecule has 5 rings (SSSR count). The zero-order valence-corrected chi connectivity index (χ0v) is 16.0. The zero-order chi connectivity index (χ0) is 21.0. The van der Waals surface area contributed by atoms with Crippen LogP contribution in [0.3, 0.4) is 0 Å². The van der Waals surface area contributed by atoms with Crippen LogP contribution in [0.15, 0.2) is 70.4 Å². The van der Waals surface area contributed by atoms with Crippen LogP contribution < -0.4 is 10.3 Å². The fourth-order valence-corrected chi connectivity index (χ4v) is 4.65. The molecule has 0 saturated carbocycles. The molecule has 1 spiro atoms. The van der Waals surface area contributed by atoms with Crippen molar-refractivity contribution in [3.8, 4) is 0 Å². The number of anilines is 1. The Balaban J connectivity index is 1.94.